The van der Waals surface area contributed by atoms with Gasteiger partial charge in [-0.1, -0.05) is 20.8 Å². The zero-order valence-electron chi connectivity index (χ0n) is 12.9. The van der Waals surface area contributed by atoms with Crippen LogP contribution in [0.4, 0.5) is 0 Å². The van der Waals surface area contributed by atoms with E-state index in [0.717, 1.165) is 32.5 Å². The van der Waals surface area contributed by atoms with Crippen LogP contribution in [0.1, 0.15) is 47.0 Å². The molecule has 1 heterocycles. The number of ether oxygens (including phenoxy) is 1. The van der Waals surface area contributed by atoms with Crippen LogP contribution in [-0.4, -0.2) is 31.7 Å². The fraction of sp³-hybridized carbons (Fsp3) is 0.933. The van der Waals surface area contributed by atoms with Crippen LogP contribution in [-0.2, 0) is 9.53 Å². The van der Waals surface area contributed by atoms with Crippen LogP contribution in [0.15, 0.2) is 0 Å². The molecule has 0 radical (unpaired) electrons. The van der Waals surface area contributed by atoms with E-state index in [1.807, 2.05) is 0 Å². The SMILES string of the molecule is CC(NC(=O)C(CN)CC(C)(C)C)C1CCOCC1. The summed E-state index contributed by atoms with van der Waals surface area (Å²) in [5, 5.41) is 3.15. The van der Waals surface area contributed by atoms with Gasteiger partial charge in [0, 0.05) is 25.8 Å². The monoisotopic (exact) mass is 270 g/mol. The molecular weight excluding hydrogens is 240 g/mol. The van der Waals surface area contributed by atoms with Gasteiger partial charge in [0.1, 0.15) is 0 Å². The average Bonchev–Trinajstić information content (AvgIpc) is 2.35. The number of carbonyl (C=O) groups excluding carboxylic acids is 1. The second-order valence-electron chi connectivity index (χ2n) is 6.94. The lowest BCUT2D eigenvalue weighted by molar-refractivity contribution is -0.126. The molecule has 2 atom stereocenters. The summed E-state index contributed by atoms with van der Waals surface area (Å²) < 4.78 is 5.36. The Labute approximate surface area is 117 Å². The highest BCUT2D eigenvalue weighted by atomic mass is 16.5. The van der Waals surface area contributed by atoms with E-state index in [1.54, 1.807) is 0 Å². The number of carbonyl (C=O) groups is 1. The van der Waals surface area contributed by atoms with E-state index in [4.69, 9.17) is 10.5 Å². The number of nitrogens with two attached hydrogens (primary N) is 1. The van der Waals surface area contributed by atoms with Gasteiger partial charge < -0.3 is 15.8 Å². The molecule has 0 saturated carbocycles. The first-order valence-electron chi connectivity index (χ1n) is 7.41. The van der Waals surface area contributed by atoms with Crippen LogP contribution in [0.5, 0.6) is 0 Å². The van der Waals surface area contributed by atoms with Gasteiger partial charge in [-0.25, -0.2) is 0 Å². The largest absolute Gasteiger partial charge is 0.381 e. The molecule has 0 aromatic carbocycles. The second-order valence-corrected chi connectivity index (χ2v) is 6.94. The summed E-state index contributed by atoms with van der Waals surface area (Å²) in [6.45, 7) is 10.6. The van der Waals surface area contributed by atoms with Gasteiger partial charge >= 0.3 is 0 Å². The minimum Gasteiger partial charge on any atom is -0.381 e. The van der Waals surface area contributed by atoms with Crippen molar-refractivity contribution in [3.8, 4) is 0 Å². The van der Waals surface area contributed by atoms with Crippen molar-refractivity contribution in [2.45, 2.75) is 53.0 Å². The molecule has 1 fully saturated rings. The molecule has 112 valence electrons. The first-order valence-corrected chi connectivity index (χ1v) is 7.41. The molecule has 1 aliphatic rings. The quantitative estimate of drug-likeness (QED) is 0.802. The van der Waals surface area contributed by atoms with Crippen LogP contribution in [0.25, 0.3) is 0 Å². The minimum atomic E-state index is -0.0812. The van der Waals surface area contributed by atoms with Crippen molar-refractivity contribution in [1.82, 2.24) is 5.32 Å². The normalized spacial score (nSPS) is 20.9. The molecule has 4 nitrogen and oxygen atoms in total. The Morgan fingerprint density at radius 2 is 1.95 bits per heavy atom. The van der Waals surface area contributed by atoms with Crippen molar-refractivity contribution in [1.29, 1.82) is 0 Å². The third kappa shape index (κ3) is 5.91. The molecule has 0 aliphatic carbocycles. The van der Waals surface area contributed by atoms with Crippen LogP contribution < -0.4 is 11.1 Å². The van der Waals surface area contributed by atoms with Crippen molar-refractivity contribution in [2.75, 3.05) is 19.8 Å². The van der Waals surface area contributed by atoms with Gasteiger partial charge in [0.15, 0.2) is 0 Å². The van der Waals surface area contributed by atoms with E-state index in [-0.39, 0.29) is 23.3 Å². The molecule has 1 saturated heterocycles. The summed E-state index contributed by atoms with van der Waals surface area (Å²) in [7, 11) is 0. The Morgan fingerprint density at radius 1 is 1.37 bits per heavy atom. The third-order valence-electron chi connectivity index (χ3n) is 3.86. The Hall–Kier alpha value is -0.610. The number of nitrogens with one attached hydrogen (secondary N) is 1. The molecule has 1 aliphatic heterocycles. The highest BCUT2D eigenvalue weighted by Gasteiger charge is 2.27. The second kappa shape index (κ2) is 7.25. The van der Waals surface area contributed by atoms with E-state index in [0.29, 0.717) is 12.5 Å². The summed E-state index contributed by atoms with van der Waals surface area (Å²) in [6, 6.07) is 0.213. The Balaban J connectivity index is 2.46. The highest BCUT2D eigenvalue weighted by Crippen LogP contribution is 2.25. The standard InChI is InChI=1S/C15H30N2O2/c1-11(12-5-7-19-8-6-12)17-14(18)13(10-16)9-15(2,3)4/h11-13H,5-10,16H2,1-4H3,(H,17,18). The summed E-state index contributed by atoms with van der Waals surface area (Å²) in [4.78, 5) is 12.3. The number of amides is 1. The Morgan fingerprint density at radius 3 is 2.42 bits per heavy atom. The van der Waals surface area contributed by atoms with E-state index >= 15 is 0 Å². The molecule has 0 spiro atoms. The molecular formula is C15H30N2O2. The van der Waals surface area contributed by atoms with Gasteiger partial charge in [0.05, 0.1) is 5.92 Å². The van der Waals surface area contributed by atoms with Gasteiger partial charge in [0.2, 0.25) is 5.91 Å². The predicted octanol–water partition coefficient (Wildman–Crippen LogP) is 1.93. The van der Waals surface area contributed by atoms with Crippen molar-refractivity contribution in [3.05, 3.63) is 0 Å². The molecule has 2 unspecified atom stereocenters. The average molecular weight is 270 g/mol. The first kappa shape index (κ1) is 16.4. The Kier molecular flexibility index (Phi) is 6.27. The van der Waals surface area contributed by atoms with E-state index in [1.165, 1.54) is 0 Å². The van der Waals surface area contributed by atoms with Crippen LogP contribution in [0, 0.1) is 17.3 Å². The topological polar surface area (TPSA) is 64.4 Å². The molecule has 0 aromatic heterocycles. The van der Waals surface area contributed by atoms with Crippen LogP contribution >= 0.6 is 0 Å². The molecule has 4 heteroatoms. The van der Waals surface area contributed by atoms with Crippen molar-refractivity contribution in [3.63, 3.8) is 0 Å². The summed E-state index contributed by atoms with van der Waals surface area (Å²) >= 11 is 0. The van der Waals surface area contributed by atoms with Crippen LogP contribution in [0.3, 0.4) is 0 Å². The van der Waals surface area contributed by atoms with E-state index in [2.05, 4.69) is 33.0 Å². The molecule has 0 bridgehead atoms. The molecule has 3 N–H and O–H groups in total. The zero-order chi connectivity index (χ0) is 14.5. The first-order chi connectivity index (χ1) is 8.83. The zero-order valence-corrected chi connectivity index (χ0v) is 12.9. The summed E-state index contributed by atoms with van der Waals surface area (Å²) in [5.41, 5.74) is 5.88. The molecule has 19 heavy (non-hydrogen) atoms. The van der Waals surface area contributed by atoms with Gasteiger partial charge in [0.25, 0.3) is 0 Å². The maximum Gasteiger partial charge on any atom is 0.224 e. The fourth-order valence-corrected chi connectivity index (χ4v) is 2.70. The summed E-state index contributed by atoms with van der Waals surface area (Å²) in [5.74, 6) is 0.560. The van der Waals surface area contributed by atoms with Crippen LogP contribution in [0.2, 0.25) is 0 Å². The van der Waals surface area contributed by atoms with Gasteiger partial charge in [-0.3, -0.25) is 4.79 Å². The fourth-order valence-electron chi connectivity index (χ4n) is 2.70. The maximum atomic E-state index is 12.3. The lowest BCUT2D eigenvalue weighted by atomic mass is 9.84. The van der Waals surface area contributed by atoms with Crippen molar-refractivity contribution >= 4 is 5.91 Å². The highest BCUT2D eigenvalue weighted by molar-refractivity contribution is 5.79. The third-order valence-corrected chi connectivity index (χ3v) is 3.86. The Bertz CT molecular complexity index is 280. The smallest absolute Gasteiger partial charge is 0.224 e. The maximum absolute atomic E-state index is 12.3. The number of rotatable bonds is 5. The van der Waals surface area contributed by atoms with Gasteiger partial charge in [-0.15, -0.1) is 0 Å². The van der Waals surface area contributed by atoms with Crippen molar-refractivity contribution < 1.29 is 9.53 Å². The molecule has 1 amide bonds. The lowest BCUT2D eigenvalue weighted by Gasteiger charge is -2.30. The predicted molar refractivity (Wildman–Crippen MR) is 77.8 cm³/mol. The minimum absolute atomic E-state index is 0.0812. The van der Waals surface area contributed by atoms with E-state index < -0.39 is 0 Å². The number of hydrogen-bond donors (Lipinski definition) is 2. The van der Waals surface area contributed by atoms with Gasteiger partial charge in [-0.05, 0) is 37.5 Å². The van der Waals surface area contributed by atoms with Gasteiger partial charge in [-0.2, -0.15) is 0 Å². The lowest BCUT2D eigenvalue weighted by Crippen LogP contribution is -2.45. The molecule has 1 rings (SSSR count). The van der Waals surface area contributed by atoms with Crippen molar-refractivity contribution in [2.24, 2.45) is 23.0 Å². The van der Waals surface area contributed by atoms with E-state index in [9.17, 15) is 4.79 Å². The number of hydrogen-bond acceptors (Lipinski definition) is 3. The molecule has 0 aromatic rings. The summed E-state index contributed by atoms with van der Waals surface area (Å²) in [6.07, 6.45) is 2.90.